The average molecular weight is 902 g/mol. The van der Waals surface area contributed by atoms with Crippen LogP contribution in [0.1, 0.15) is 33.6 Å². The summed E-state index contributed by atoms with van der Waals surface area (Å²) in [5.41, 5.74) is 5.38. The van der Waals surface area contributed by atoms with Crippen molar-refractivity contribution in [3.63, 3.8) is 0 Å². The Labute approximate surface area is 374 Å². The molecule has 0 unspecified atom stereocenters. The maximum atomic E-state index is 12.2. The van der Waals surface area contributed by atoms with E-state index in [9.17, 15) is 29.4 Å². The number of imidazole rings is 2. The van der Waals surface area contributed by atoms with E-state index < -0.39 is 23.9 Å². The third-order valence-electron chi connectivity index (χ3n) is 9.66. The molecule has 4 heterocycles. The summed E-state index contributed by atoms with van der Waals surface area (Å²) in [6.07, 6.45) is 4.80. The number of imide groups is 2. The third-order valence-corrected chi connectivity index (χ3v) is 9.66. The predicted octanol–water partition coefficient (Wildman–Crippen LogP) is 6.46. The topological polar surface area (TPSA) is 222 Å². The molecule has 316 valence electrons. The van der Waals surface area contributed by atoms with E-state index >= 15 is 0 Å². The molecule has 2 N–H and O–H groups in total. The molecule has 6 aromatic rings. The first kappa shape index (κ1) is 44.9. The first-order valence-electron chi connectivity index (χ1n) is 19.0. The maximum Gasteiger partial charge on any atom is 2.00 e. The number of benzene rings is 4. The van der Waals surface area contributed by atoms with E-state index in [1.54, 1.807) is 71.9 Å². The molecule has 2 saturated heterocycles. The Morgan fingerprint density at radius 1 is 0.540 bits per heavy atom. The standard InChI is InChI=1S/2C22H21N5O4.Zn/c2*1-26-20(29)19(25-22(26)30)24-21-23-16(11-14-5-9-18(31-2)10-6-14)13-27(21)12-15-3-7-17(28)8-4-15;/h2*3-10,13H,11-12H2,1-2H3,(H2,23,24,25,28,30);/q;;+2/p-2. The zero-order valence-corrected chi connectivity index (χ0v) is 37.7. The van der Waals surface area contributed by atoms with E-state index in [1.807, 2.05) is 60.9 Å². The number of phenolic OH excluding ortho intramolecular Hbond substituents is 2. The molecule has 19 heteroatoms. The van der Waals surface area contributed by atoms with Gasteiger partial charge in [-0.15, -0.1) is 0 Å². The van der Waals surface area contributed by atoms with Gasteiger partial charge in [-0.25, -0.2) is 9.97 Å². The number of phenols is 2. The van der Waals surface area contributed by atoms with Gasteiger partial charge in [0.25, 0.3) is 0 Å². The molecule has 0 saturated carbocycles. The summed E-state index contributed by atoms with van der Waals surface area (Å²) < 4.78 is 13.9. The van der Waals surface area contributed by atoms with Crippen LogP contribution in [-0.2, 0) is 55.0 Å². The van der Waals surface area contributed by atoms with Crippen molar-refractivity contribution in [2.24, 2.45) is 9.98 Å². The Morgan fingerprint density at radius 3 is 1.17 bits per heavy atom. The number of urea groups is 2. The summed E-state index contributed by atoms with van der Waals surface area (Å²) in [6.45, 7) is 0.833. The minimum absolute atomic E-state index is 0. The van der Waals surface area contributed by atoms with E-state index in [-0.39, 0.29) is 54.5 Å². The van der Waals surface area contributed by atoms with Crippen molar-refractivity contribution in [3.05, 3.63) is 154 Å². The second kappa shape index (κ2) is 19.8. The van der Waals surface area contributed by atoms with Gasteiger partial charge in [0, 0.05) is 38.3 Å². The normalized spacial score (nSPS) is 14.7. The molecule has 0 radical (unpaired) electrons. The largest absolute Gasteiger partial charge is 2.00 e. The van der Waals surface area contributed by atoms with E-state index in [4.69, 9.17) is 9.47 Å². The number of rotatable bonds is 12. The smallest absolute Gasteiger partial charge is 0.508 e. The van der Waals surface area contributed by atoms with Crippen LogP contribution < -0.4 is 9.47 Å². The number of amidine groups is 2. The minimum atomic E-state index is -0.654. The third kappa shape index (κ3) is 11.0. The second-order valence-electron chi connectivity index (χ2n) is 14.1. The summed E-state index contributed by atoms with van der Waals surface area (Å²) in [4.78, 5) is 67.2. The van der Waals surface area contributed by atoms with Crippen molar-refractivity contribution in [3.8, 4) is 23.0 Å². The Bertz CT molecular complexity index is 2490. The van der Waals surface area contributed by atoms with Gasteiger partial charge in [-0.2, -0.15) is 0 Å². The molecule has 2 aromatic heterocycles. The van der Waals surface area contributed by atoms with Crippen molar-refractivity contribution in [2.45, 2.75) is 25.9 Å². The summed E-state index contributed by atoms with van der Waals surface area (Å²) >= 11 is 0. The number of methoxy groups -OCH3 is 2. The fourth-order valence-electron chi connectivity index (χ4n) is 6.24. The number of ether oxygens (including phenoxy) is 2. The molecule has 2 aliphatic rings. The number of amides is 6. The van der Waals surface area contributed by atoms with Crippen LogP contribution in [-0.4, -0.2) is 103 Å². The van der Waals surface area contributed by atoms with E-state index in [0.717, 1.165) is 54.9 Å². The van der Waals surface area contributed by atoms with Crippen molar-refractivity contribution >= 4 is 47.4 Å². The first-order valence-corrected chi connectivity index (χ1v) is 19.0. The van der Waals surface area contributed by atoms with Crippen LogP contribution in [0.25, 0.3) is 10.6 Å². The van der Waals surface area contributed by atoms with Crippen molar-refractivity contribution in [2.75, 3.05) is 28.3 Å². The molecule has 0 aliphatic carbocycles. The molecule has 4 aromatic carbocycles. The quantitative estimate of drug-likeness (QED) is 0.101. The van der Waals surface area contributed by atoms with E-state index in [0.29, 0.717) is 25.9 Å². The van der Waals surface area contributed by atoms with Gasteiger partial charge in [0.15, 0.2) is 11.9 Å². The number of aliphatic imine (C=N–C) groups is 2. The summed E-state index contributed by atoms with van der Waals surface area (Å²) in [5, 5.41) is 26.4. The van der Waals surface area contributed by atoms with Crippen LogP contribution in [0, 0.1) is 0 Å². The molecule has 2 aliphatic heterocycles. The summed E-state index contributed by atoms with van der Waals surface area (Å²) in [7, 11) is 5.94. The second-order valence-corrected chi connectivity index (χ2v) is 14.1. The first-order chi connectivity index (χ1) is 29.8. The average Bonchev–Trinajstić information content (AvgIpc) is 3.97. The van der Waals surface area contributed by atoms with E-state index in [2.05, 4.69) is 30.6 Å². The van der Waals surface area contributed by atoms with Gasteiger partial charge in [0.05, 0.1) is 37.3 Å². The zero-order chi connectivity index (χ0) is 43.9. The van der Waals surface area contributed by atoms with Gasteiger partial charge in [-0.05, 0) is 84.9 Å². The van der Waals surface area contributed by atoms with Crippen LogP contribution in [0.15, 0.2) is 119 Å². The Kier molecular flexibility index (Phi) is 14.1. The van der Waals surface area contributed by atoms with Crippen molar-refractivity contribution in [1.29, 1.82) is 0 Å². The Hall–Kier alpha value is -7.66. The molecular weight excluding hydrogens is 862 g/mol. The monoisotopic (exact) mass is 900 g/mol. The Balaban J connectivity index is 0.000000206. The van der Waals surface area contributed by atoms with Gasteiger partial charge in [-0.1, -0.05) is 48.5 Å². The number of likely N-dealkylation sites (N-methyl/N-ethyl adjacent to an activating group) is 2. The van der Waals surface area contributed by atoms with Gasteiger partial charge in [0.2, 0.25) is 23.9 Å². The van der Waals surface area contributed by atoms with Crippen LogP contribution in [0.2, 0.25) is 0 Å². The van der Waals surface area contributed by atoms with Crippen LogP contribution in [0.4, 0.5) is 21.5 Å². The number of nitrogens with zero attached hydrogens (tertiary/aromatic N) is 10. The fraction of sp³-hybridized carbons (Fsp3) is 0.182. The zero-order valence-electron chi connectivity index (χ0n) is 34.7. The minimum Gasteiger partial charge on any atom is -0.508 e. The summed E-state index contributed by atoms with van der Waals surface area (Å²) in [6, 6.07) is 27.5. The van der Waals surface area contributed by atoms with Crippen molar-refractivity contribution < 1.29 is 58.3 Å². The predicted molar refractivity (Wildman–Crippen MR) is 228 cm³/mol. The molecule has 0 spiro atoms. The molecule has 2 fully saturated rings. The maximum absolute atomic E-state index is 12.2. The van der Waals surface area contributed by atoms with Gasteiger partial charge in [0.1, 0.15) is 23.0 Å². The van der Waals surface area contributed by atoms with E-state index in [1.165, 1.54) is 14.1 Å². The molecular formula is C44H40N10O8Zn. The molecule has 8 rings (SSSR count). The van der Waals surface area contributed by atoms with Crippen LogP contribution in [0.3, 0.4) is 0 Å². The van der Waals surface area contributed by atoms with Crippen LogP contribution in [0.5, 0.6) is 23.0 Å². The van der Waals surface area contributed by atoms with Gasteiger partial charge in [-0.3, -0.25) is 19.2 Å². The Morgan fingerprint density at radius 2 is 0.873 bits per heavy atom. The molecule has 18 nitrogen and oxygen atoms in total. The SMILES string of the molecule is COc1ccc(Cc2cn(Cc3ccc(O)cc3)c(N=C3[N-]C(=O)N(C)C3=O)n2)cc1.COc1ccc(Cc2cn(Cc3ccc(O)cc3)c(N=C3[N-]C(=O)N(C)C3=O)n2)cc1.[Zn+2]. The number of aromatic hydroxyl groups is 2. The fourth-order valence-corrected chi connectivity index (χ4v) is 6.24. The number of hydrogen-bond acceptors (Lipinski definition) is 12. The number of carbonyl (C=O) groups is 4. The number of carbonyl (C=O) groups excluding carboxylic acids is 4. The molecule has 0 atom stereocenters. The number of aromatic nitrogens is 4. The van der Waals surface area contributed by atoms with Gasteiger partial charge < -0.3 is 59.2 Å². The molecule has 63 heavy (non-hydrogen) atoms. The number of hydrogen-bond donors (Lipinski definition) is 2. The van der Waals surface area contributed by atoms with Crippen LogP contribution >= 0.6 is 0 Å². The summed E-state index contributed by atoms with van der Waals surface area (Å²) in [5.74, 6) is 0.897. The molecule has 6 amide bonds. The molecule has 0 bridgehead atoms. The van der Waals surface area contributed by atoms with Crippen molar-refractivity contribution in [1.82, 2.24) is 28.9 Å². The van der Waals surface area contributed by atoms with Gasteiger partial charge >= 0.3 is 19.5 Å².